The Morgan fingerprint density at radius 3 is 0.944 bits per heavy atom. The molecule has 0 aliphatic carbocycles. The van der Waals surface area contributed by atoms with Gasteiger partial charge in [0.1, 0.15) is 0 Å². The highest BCUT2D eigenvalue weighted by Gasteiger charge is 2.26. The van der Waals surface area contributed by atoms with Gasteiger partial charge in [0, 0.05) is 0 Å². The maximum absolute atomic E-state index is 5.84. The Kier molecular flexibility index (Phi) is 12.7. The van der Waals surface area contributed by atoms with Crippen LogP contribution in [0.5, 0.6) is 0 Å². The Labute approximate surface area is 122 Å². The van der Waals surface area contributed by atoms with Gasteiger partial charge in [0.25, 0.3) is 0 Å². The molecule has 0 saturated carbocycles. The summed E-state index contributed by atoms with van der Waals surface area (Å²) < 4.78 is 17.2. The van der Waals surface area contributed by atoms with Gasteiger partial charge in [0.15, 0.2) is 36.2 Å². The number of rotatable bonds is 6. The van der Waals surface area contributed by atoms with Crippen molar-refractivity contribution in [3.63, 3.8) is 0 Å². The average Bonchev–Trinajstić information content (AvgIpc) is 1.94. The highest BCUT2D eigenvalue weighted by atomic mass is 28.5. The van der Waals surface area contributed by atoms with E-state index in [9.17, 15) is 0 Å². The minimum absolute atomic E-state index is 0.667. The van der Waals surface area contributed by atoms with Crippen LogP contribution in [0.1, 0.15) is 0 Å². The molecule has 0 aliphatic rings. The van der Waals surface area contributed by atoms with Crippen LogP contribution in [0.15, 0.2) is 0 Å². The van der Waals surface area contributed by atoms with Crippen LogP contribution in [0.3, 0.4) is 0 Å². The molecule has 18 heavy (non-hydrogen) atoms. The van der Waals surface area contributed by atoms with E-state index >= 15 is 0 Å². The van der Waals surface area contributed by atoms with Crippen molar-refractivity contribution in [2.75, 3.05) is 0 Å². The van der Waals surface area contributed by atoms with Crippen LogP contribution in [-0.4, -0.2) is 44.7 Å². The third-order valence-corrected chi connectivity index (χ3v) is 14.3. The van der Waals surface area contributed by atoms with E-state index in [-0.39, 0.29) is 0 Å². The van der Waals surface area contributed by atoms with Crippen molar-refractivity contribution >= 4 is 44.7 Å². The first-order valence-corrected chi connectivity index (χ1v) is 20.9. The van der Waals surface area contributed by atoms with E-state index in [2.05, 4.69) is 65.5 Å². The molecule has 0 aliphatic heterocycles. The molecule has 0 aromatic carbocycles. The van der Waals surface area contributed by atoms with E-state index in [1.54, 1.807) is 0 Å². The molecule has 0 saturated heterocycles. The van der Waals surface area contributed by atoms with Crippen LogP contribution < -0.4 is 0 Å². The smallest absolute Gasteiger partial charge is 0.310 e. The Morgan fingerprint density at radius 2 is 0.833 bits per heavy atom. The highest BCUT2D eigenvalue weighted by molar-refractivity contribution is 6.78. The van der Waals surface area contributed by atoms with Gasteiger partial charge in [-0.1, -0.05) is 0 Å². The zero-order valence-corrected chi connectivity index (χ0v) is 19.7. The molecule has 0 unspecified atom stereocenters. The van der Waals surface area contributed by atoms with Crippen molar-refractivity contribution < 1.29 is 12.3 Å². The molecule has 0 N–H and O–H groups in total. The lowest BCUT2D eigenvalue weighted by Gasteiger charge is -2.27. The van der Waals surface area contributed by atoms with Gasteiger partial charge in [-0.3, -0.25) is 0 Å². The Balaban J connectivity index is 0. The molecule has 0 amide bonds. The van der Waals surface area contributed by atoms with E-state index < -0.39 is 44.7 Å². The second-order valence-electron chi connectivity index (χ2n) is 5.97. The van der Waals surface area contributed by atoms with E-state index in [1.807, 2.05) is 0 Å². The van der Waals surface area contributed by atoms with Crippen molar-refractivity contribution in [3.8, 4) is 0 Å². The molecular formula is C10H34O3Si5. The third-order valence-electron chi connectivity index (χ3n) is 1.58. The maximum Gasteiger partial charge on any atom is 0.310 e. The van der Waals surface area contributed by atoms with Crippen LogP contribution in [0.4, 0.5) is 0 Å². The number of hydrogen-bond acceptors (Lipinski definition) is 3. The van der Waals surface area contributed by atoms with E-state index in [0.717, 1.165) is 0 Å². The fourth-order valence-electron chi connectivity index (χ4n) is 1.71. The van der Waals surface area contributed by atoms with Gasteiger partial charge < -0.3 is 12.3 Å². The molecule has 0 bridgehead atoms. The summed E-state index contributed by atoms with van der Waals surface area (Å²) in [4.78, 5) is 0. The molecule has 112 valence electrons. The first-order chi connectivity index (χ1) is 7.96. The monoisotopic (exact) mass is 342 g/mol. The van der Waals surface area contributed by atoms with Crippen LogP contribution in [0, 0.1) is 0 Å². The van der Waals surface area contributed by atoms with E-state index in [0.29, 0.717) is 0 Å². The van der Waals surface area contributed by atoms with Crippen LogP contribution in [0.2, 0.25) is 65.5 Å². The lowest BCUT2D eigenvalue weighted by Crippen LogP contribution is -2.42. The predicted molar refractivity (Wildman–Crippen MR) is 96.2 cm³/mol. The zero-order chi connectivity index (χ0) is 14.9. The summed E-state index contributed by atoms with van der Waals surface area (Å²) in [7, 11) is -4.83. The van der Waals surface area contributed by atoms with Gasteiger partial charge in [0.05, 0.1) is 0 Å². The summed E-state index contributed by atoms with van der Waals surface area (Å²) in [6, 6.07) is 0. The second kappa shape index (κ2) is 10.7. The molecule has 0 heterocycles. The average molecular weight is 343 g/mol. The summed E-state index contributed by atoms with van der Waals surface area (Å²) in [6.07, 6.45) is 0. The maximum atomic E-state index is 5.84. The van der Waals surface area contributed by atoms with Gasteiger partial charge in [-0.15, -0.1) is 0 Å². The molecule has 0 fully saturated rings. The van der Waals surface area contributed by atoms with Crippen molar-refractivity contribution in [1.82, 2.24) is 0 Å². The van der Waals surface area contributed by atoms with Gasteiger partial charge in [-0.25, -0.2) is 0 Å². The van der Waals surface area contributed by atoms with Crippen molar-refractivity contribution in [1.29, 1.82) is 0 Å². The molecule has 0 spiro atoms. The second-order valence-corrected chi connectivity index (χ2v) is 20.1. The summed E-state index contributed by atoms with van der Waals surface area (Å²) in [6.45, 7) is 21.9. The lowest BCUT2D eigenvalue weighted by atomic mass is 11.9. The van der Waals surface area contributed by atoms with Gasteiger partial charge >= 0.3 is 8.56 Å². The highest BCUT2D eigenvalue weighted by Crippen LogP contribution is 2.09. The first kappa shape index (κ1) is 21.3. The Bertz CT molecular complexity index is 180. The summed E-state index contributed by atoms with van der Waals surface area (Å²) in [5.74, 6) is 0. The number of hydrogen-bond donors (Lipinski definition) is 0. The molecule has 8 heteroatoms. The van der Waals surface area contributed by atoms with Crippen LogP contribution >= 0.6 is 0 Å². The molecule has 0 aromatic rings. The van der Waals surface area contributed by atoms with E-state index in [4.69, 9.17) is 12.3 Å². The normalized spacial score (nSPS) is 12.3. The predicted octanol–water partition coefficient (Wildman–Crippen LogP) is 2.66. The van der Waals surface area contributed by atoms with Crippen molar-refractivity contribution in [2.24, 2.45) is 0 Å². The molecular weight excluding hydrogens is 309 g/mol. The minimum Gasteiger partial charge on any atom is -0.461 e. The fourth-order valence-corrected chi connectivity index (χ4v) is 15.9. The lowest BCUT2D eigenvalue weighted by molar-refractivity contribution is 0.415. The summed E-state index contributed by atoms with van der Waals surface area (Å²) >= 11 is 0. The van der Waals surface area contributed by atoms with Crippen molar-refractivity contribution in [3.05, 3.63) is 0 Å². The van der Waals surface area contributed by atoms with Crippen molar-refractivity contribution in [2.45, 2.75) is 65.5 Å². The van der Waals surface area contributed by atoms with E-state index in [1.165, 1.54) is 0 Å². The van der Waals surface area contributed by atoms with Crippen LogP contribution in [-0.2, 0) is 12.3 Å². The Morgan fingerprint density at radius 1 is 0.556 bits per heavy atom. The van der Waals surface area contributed by atoms with Gasteiger partial charge in [-0.2, -0.15) is 0 Å². The first-order valence-electron chi connectivity index (χ1n) is 6.97. The standard InChI is InChI=1S/C6H20O2Si3.C4H14OSi2/c1-9(2)7-11(5,6)8-10(3)4;1-6(2)5-7(3)4/h9-10H,1-6H3;6-7H,1-4H3. The quantitative estimate of drug-likeness (QED) is 0.695. The molecule has 0 rings (SSSR count). The third kappa shape index (κ3) is 19.3. The van der Waals surface area contributed by atoms with Gasteiger partial charge in [-0.05, 0) is 65.5 Å². The molecule has 0 atom stereocenters. The largest absolute Gasteiger partial charge is 0.461 e. The van der Waals surface area contributed by atoms with Crippen LogP contribution in [0.25, 0.3) is 0 Å². The molecule has 3 nitrogen and oxygen atoms in total. The minimum atomic E-state index is -1.71. The zero-order valence-electron chi connectivity index (χ0n) is 14.0. The Hall–Kier alpha value is 0.964. The molecule has 0 aromatic heterocycles. The summed E-state index contributed by atoms with van der Waals surface area (Å²) in [5, 5.41) is 0. The summed E-state index contributed by atoms with van der Waals surface area (Å²) in [5.41, 5.74) is 0. The molecule has 0 radical (unpaired) electrons. The fraction of sp³-hybridized carbons (Fsp3) is 1.00. The topological polar surface area (TPSA) is 27.7 Å². The van der Waals surface area contributed by atoms with Gasteiger partial charge in [0.2, 0.25) is 0 Å². The SMILES string of the molecule is C[SiH](C)O[SiH](C)C.C[SiH](C)O[Si](C)(C)O[SiH](C)C.